The van der Waals surface area contributed by atoms with Crippen molar-refractivity contribution in [2.24, 2.45) is 0 Å². The summed E-state index contributed by atoms with van der Waals surface area (Å²) in [7, 11) is 0. The average molecular weight is 399 g/mol. The van der Waals surface area contributed by atoms with E-state index in [0.29, 0.717) is 24.6 Å². The molecular weight excluding hydrogens is 378 g/mol. The molecule has 28 heavy (non-hydrogen) atoms. The number of nitrogens with zero attached hydrogens (tertiary/aromatic N) is 4. The number of benzene rings is 1. The summed E-state index contributed by atoms with van der Waals surface area (Å²) in [6.45, 7) is 2.87. The third-order valence-corrected chi connectivity index (χ3v) is 5.76. The van der Waals surface area contributed by atoms with Gasteiger partial charge in [0, 0.05) is 24.7 Å². The number of thiazole rings is 1. The van der Waals surface area contributed by atoms with Gasteiger partial charge < -0.3 is 10.2 Å². The Morgan fingerprint density at radius 3 is 2.68 bits per heavy atom. The molecule has 1 fully saturated rings. The summed E-state index contributed by atoms with van der Waals surface area (Å²) < 4.78 is 3.15. The number of aryl methyl sites for hydroxylation is 1. The molecule has 1 saturated heterocycles. The SMILES string of the molecule is CCn1c(=O)n(CC(=O)N2CCCC2C(=O)Nc2nccs2)c2ccccc21. The maximum atomic E-state index is 13.0. The standard InChI is InChI=1S/C19H21N5O3S/c1-2-22-13-6-3-4-7-14(13)24(19(22)27)12-16(25)23-10-5-8-15(23)17(26)21-18-20-9-11-28-18/h3-4,6-7,9,11,15H,2,5,8,10,12H2,1H3,(H,20,21,26). The highest BCUT2D eigenvalue weighted by molar-refractivity contribution is 7.13. The lowest BCUT2D eigenvalue weighted by Gasteiger charge is -2.23. The van der Waals surface area contributed by atoms with Crippen molar-refractivity contribution in [2.45, 2.75) is 38.9 Å². The molecule has 1 aliphatic heterocycles. The van der Waals surface area contributed by atoms with Crippen LogP contribution < -0.4 is 11.0 Å². The summed E-state index contributed by atoms with van der Waals surface area (Å²) in [6.07, 6.45) is 2.98. The smallest absolute Gasteiger partial charge is 0.329 e. The van der Waals surface area contributed by atoms with Gasteiger partial charge in [0.25, 0.3) is 0 Å². The third kappa shape index (κ3) is 3.22. The molecule has 1 unspecified atom stereocenters. The van der Waals surface area contributed by atoms with Crippen LogP contribution in [-0.2, 0) is 22.7 Å². The molecule has 1 aromatic carbocycles. The van der Waals surface area contributed by atoms with Crippen molar-refractivity contribution < 1.29 is 9.59 Å². The molecule has 2 aromatic heterocycles. The van der Waals surface area contributed by atoms with Crippen molar-refractivity contribution in [3.8, 4) is 0 Å². The number of imidazole rings is 1. The first-order valence-electron chi connectivity index (χ1n) is 9.28. The van der Waals surface area contributed by atoms with Gasteiger partial charge >= 0.3 is 5.69 Å². The predicted molar refractivity (Wildman–Crippen MR) is 107 cm³/mol. The molecule has 146 valence electrons. The minimum Gasteiger partial charge on any atom is -0.329 e. The largest absolute Gasteiger partial charge is 0.329 e. The first kappa shape index (κ1) is 18.4. The molecule has 8 nitrogen and oxygen atoms in total. The summed E-state index contributed by atoms with van der Waals surface area (Å²) in [5.74, 6) is -0.456. The average Bonchev–Trinajstić information content (AvgIpc) is 3.42. The van der Waals surface area contributed by atoms with Gasteiger partial charge in [-0.2, -0.15) is 0 Å². The molecule has 0 radical (unpaired) electrons. The lowest BCUT2D eigenvalue weighted by molar-refractivity contribution is -0.137. The van der Waals surface area contributed by atoms with Crippen LogP contribution in [0.25, 0.3) is 11.0 Å². The number of rotatable bonds is 5. The zero-order valence-electron chi connectivity index (χ0n) is 15.5. The van der Waals surface area contributed by atoms with Crippen LogP contribution >= 0.6 is 11.3 Å². The quantitative estimate of drug-likeness (QED) is 0.710. The van der Waals surface area contributed by atoms with Crippen LogP contribution in [0.1, 0.15) is 19.8 Å². The van der Waals surface area contributed by atoms with E-state index < -0.39 is 6.04 Å². The van der Waals surface area contributed by atoms with Crippen molar-refractivity contribution >= 4 is 39.3 Å². The van der Waals surface area contributed by atoms with Crippen molar-refractivity contribution in [1.29, 1.82) is 0 Å². The minimum atomic E-state index is -0.536. The van der Waals surface area contributed by atoms with E-state index >= 15 is 0 Å². The van der Waals surface area contributed by atoms with E-state index in [9.17, 15) is 14.4 Å². The molecule has 1 atom stereocenters. The van der Waals surface area contributed by atoms with Gasteiger partial charge in [0.2, 0.25) is 11.8 Å². The lowest BCUT2D eigenvalue weighted by Crippen LogP contribution is -2.45. The highest BCUT2D eigenvalue weighted by Gasteiger charge is 2.34. The Kier molecular flexibility index (Phi) is 4.99. The maximum absolute atomic E-state index is 13.0. The van der Waals surface area contributed by atoms with E-state index in [1.54, 1.807) is 21.0 Å². The first-order valence-corrected chi connectivity index (χ1v) is 10.2. The van der Waals surface area contributed by atoms with Crippen LogP contribution in [0.15, 0.2) is 40.6 Å². The Morgan fingerprint density at radius 1 is 1.25 bits per heavy atom. The molecule has 0 aliphatic carbocycles. The van der Waals surface area contributed by atoms with Crippen LogP contribution in [0.4, 0.5) is 5.13 Å². The molecule has 0 bridgehead atoms. The van der Waals surface area contributed by atoms with Crippen molar-refractivity contribution in [1.82, 2.24) is 19.0 Å². The Labute approximate surface area is 165 Å². The first-order chi connectivity index (χ1) is 13.6. The Bertz CT molecular complexity index is 1070. The molecule has 3 heterocycles. The van der Waals surface area contributed by atoms with E-state index in [1.807, 2.05) is 31.2 Å². The summed E-state index contributed by atoms with van der Waals surface area (Å²) in [5, 5.41) is 5.07. The van der Waals surface area contributed by atoms with Crippen LogP contribution in [-0.4, -0.2) is 43.4 Å². The van der Waals surface area contributed by atoms with Crippen LogP contribution in [0, 0.1) is 0 Å². The van der Waals surface area contributed by atoms with E-state index in [2.05, 4.69) is 10.3 Å². The second kappa shape index (κ2) is 7.59. The number of carbonyl (C=O) groups excluding carboxylic acids is 2. The van der Waals surface area contributed by atoms with E-state index in [0.717, 1.165) is 17.5 Å². The number of carbonyl (C=O) groups is 2. The lowest BCUT2D eigenvalue weighted by atomic mass is 10.2. The van der Waals surface area contributed by atoms with Gasteiger partial charge in [0.05, 0.1) is 11.0 Å². The molecule has 3 aromatic rings. The molecule has 1 aliphatic rings. The van der Waals surface area contributed by atoms with Gasteiger partial charge in [0.15, 0.2) is 5.13 Å². The fraction of sp³-hybridized carbons (Fsp3) is 0.368. The molecule has 1 N–H and O–H groups in total. The van der Waals surface area contributed by atoms with Crippen molar-refractivity contribution in [2.75, 3.05) is 11.9 Å². The number of anilines is 1. The maximum Gasteiger partial charge on any atom is 0.329 e. The highest BCUT2D eigenvalue weighted by atomic mass is 32.1. The molecule has 2 amide bonds. The van der Waals surface area contributed by atoms with Crippen LogP contribution in [0.3, 0.4) is 0 Å². The second-order valence-corrected chi connectivity index (χ2v) is 7.57. The summed E-state index contributed by atoms with van der Waals surface area (Å²) in [5.41, 5.74) is 1.33. The molecule has 0 spiro atoms. The number of nitrogens with one attached hydrogen (secondary N) is 1. The highest BCUT2D eigenvalue weighted by Crippen LogP contribution is 2.21. The van der Waals surface area contributed by atoms with Gasteiger partial charge in [-0.1, -0.05) is 12.1 Å². The topological polar surface area (TPSA) is 89.2 Å². The molecular formula is C19H21N5O3S. The van der Waals surface area contributed by atoms with Gasteiger partial charge in [-0.3, -0.25) is 18.7 Å². The van der Waals surface area contributed by atoms with E-state index in [4.69, 9.17) is 0 Å². The summed E-state index contributed by atoms with van der Waals surface area (Å²) in [6, 6.07) is 6.91. The van der Waals surface area contributed by atoms with Gasteiger partial charge in [-0.05, 0) is 31.9 Å². The van der Waals surface area contributed by atoms with E-state index in [1.165, 1.54) is 15.9 Å². The molecule has 9 heteroatoms. The van der Waals surface area contributed by atoms with Crippen LogP contribution in [0.2, 0.25) is 0 Å². The molecule has 4 rings (SSSR count). The number of hydrogen-bond acceptors (Lipinski definition) is 5. The van der Waals surface area contributed by atoms with Gasteiger partial charge in [0.1, 0.15) is 12.6 Å². The summed E-state index contributed by atoms with van der Waals surface area (Å²) in [4.78, 5) is 44.0. The second-order valence-electron chi connectivity index (χ2n) is 6.67. The Morgan fingerprint density at radius 2 is 2.00 bits per heavy atom. The van der Waals surface area contributed by atoms with Crippen molar-refractivity contribution in [3.05, 3.63) is 46.3 Å². The monoisotopic (exact) mass is 399 g/mol. The number of likely N-dealkylation sites (tertiary alicyclic amines) is 1. The zero-order valence-corrected chi connectivity index (χ0v) is 16.3. The Hall–Kier alpha value is -2.94. The normalized spacial score (nSPS) is 16.6. The number of amides is 2. The van der Waals surface area contributed by atoms with Crippen molar-refractivity contribution in [3.63, 3.8) is 0 Å². The molecule has 0 saturated carbocycles. The van der Waals surface area contributed by atoms with Crippen LogP contribution in [0.5, 0.6) is 0 Å². The number of hydrogen-bond donors (Lipinski definition) is 1. The number of aromatic nitrogens is 3. The predicted octanol–water partition coefficient (Wildman–Crippen LogP) is 1.91. The number of para-hydroxylation sites is 2. The van der Waals surface area contributed by atoms with Gasteiger partial charge in [-0.25, -0.2) is 9.78 Å². The third-order valence-electron chi connectivity index (χ3n) is 5.07. The zero-order chi connectivity index (χ0) is 19.7. The number of fused-ring (bicyclic) bond motifs is 1. The minimum absolute atomic E-state index is 0.0760. The van der Waals surface area contributed by atoms with Gasteiger partial charge in [-0.15, -0.1) is 11.3 Å². The fourth-order valence-electron chi connectivity index (χ4n) is 3.77. The summed E-state index contributed by atoms with van der Waals surface area (Å²) >= 11 is 1.34. The van der Waals surface area contributed by atoms with E-state index in [-0.39, 0.29) is 24.0 Å². The Balaban J connectivity index is 1.56. The fourth-order valence-corrected chi connectivity index (χ4v) is 4.30.